The van der Waals surface area contributed by atoms with E-state index in [1.165, 1.54) is 19.1 Å². The van der Waals surface area contributed by atoms with Gasteiger partial charge in [0, 0.05) is 78.3 Å². The van der Waals surface area contributed by atoms with Crippen molar-refractivity contribution in [2.75, 3.05) is 6.54 Å². The zero-order valence-electron chi connectivity index (χ0n) is 30.9. The molecule has 2 amide bonds. The van der Waals surface area contributed by atoms with Crippen molar-refractivity contribution in [2.24, 2.45) is 10.5 Å². The lowest BCUT2D eigenvalue weighted by molar-refractivity contribution is -0.427. The number of hydrogen-bond acceptors (Lipinski definition) is 5. The predicted octanol–water partition coefficient (Wildman–Crippen LogP) is 19.9. The molecular formula is C33H144F7N4O3+. The van der Waals surface area contributed by atoms with E-state index in [-0.39, 0.29) is 95.6 Å². The van der Waals surface area contributed by atoms with Gasteiger partial charge in [0.1, 0.15) is 5.82 Å². The molecule has 0 bridgehead atoms. The van der Waals surface area contributed by atoms with Crippen LogP contribution in [-0.2, 0) is 27.4 Å². The Morgan fingerprint density at radius 3 is 2.13 bits per heavy atom. The number of carbonyl (C=O) groups is 1. The minimum Gasteiger partial charge on any atom is -0.343 e. The van der Waals surface area contributed by atoms with Crippen LogP contribution >= 0.6 is 0 Å². The first-order valence-electron chi connectivity index (χ1n) is 16.3. The Kier molecular flexibility index (Phi) is 8.16. The minimum absolute atomic E-state index is 0. The normalized spacial score (nSPS) is 25.6. The number of rotatable bonds is 6. The summed E-state index contributed by atoms with van der Waals surface area (Å²) in [5.74, 6) is -0.976. The summed E-state index contributed by atoms with van der Waals surface area (Å²) < 4.78 is 138. The largest absolute Gasteiger partial charge is 0.439 e. The SMILES string of the molecule is [2H]N1N=C(CN2[C@@H](c3ccc(F)cc3C)[C@@H](O[C@@](C)(c3cc(C(F)(F)F)cc(C(F)(F)F)c3C)C(C)(C)C)OC(C)(C)C2(C)C)[N+]([2H])([2H])C1=O.[HH].[HH].[HH].[HH].[HH].[HH].[HH].[HH].[HH].[HH].[HH].[HH].[HH].[HH].[HH].[HH].[HH].[HH].[HH].[HH].[HH].[HH].[HH].[HH].[HH].[HH].[HH].[HH].[HH].[HH].[HH].[HH].[HH].[HH].[HH].[HH].[HH].[HH].[HH].[HH].[HH].[HH].[HH].[HH].[HH].[HH].[HH].[HH].[HH].[HH].[HH]. The van der Waals surface area contributed by atoms with E-state index in [9.17, 15) is 35.5 Å². The van der Waals surface area contributed by atoms with Gasteiger partial charge in [-0.25, -0.2) is 14.5 Å². The molecule has 0 aliphatic carbocycles. The van der Waals surface area contributed by atoms with Crippen LogP contribution in [0.2, 0.25) is 4.24 Å². The Morgan fingerprint density at radius 1 is 1.04 bits per heavy atom. The highest BCUT2D eigenvalue weighted by atomic mass is 19.4. The molecule has 362 valence electrons. The molecule has 14 heteroatoms. The van der Waals surface area contributed by atoms with Gasteiger partial charge in [-0.3, -0.25) is 4.90 Å². The number of aryl methyl sites for hydroxylation is 1. The van der Waals surface area contributed by atoms with Gasteiger partial charge in [0.25, 0.3) is 0 Å². The van der Waals surface area contributed by atoms with Gasteiger partial charge in [0.15, 0.2) is 7.70 Å². The molecule has 47 heavy (non-hydrogen) atoms. The Morgan fingerprint density at radius 2 is 1.64 bits per heavy atom. The quantitative estimate of drug-likeness (QED) is 0.286. The van der Waals surface area contributed by atoms with Crippen molar-refractivity contribution < 1.29 is 127 Å². The lowest BCUT2D eigenvalue weighted by Crippen LogP contribution is -2.91. The van der Waals surface area contributed by atoms with Crippen LogP contribution in [0.4, 0.5) is 35.5 Å². The summed E-state index contributed by atoms with van der Waals surface area (Å²) in [5, 5.41) is 1.94. The van der Waals surface area contributed by atoms with Gasteiger partial charge in [0.2, 0.25) is 5.84 Å². The summed E-state index contributed by atoms with van der Waals surface area (Å²) >= 11 is 0. The molecule has 4 rings (SSSR count). The van der Waals surface area contributed by atoms with Crippen LogP contribution < -0.4 is 10.7 Å². The molecule has 1 saturated heterocycles. The molecule has 0 aromatic heterocycles. The van der Waals surface area contributed by atoms with E-state index in [1.807, 2.05) is 0 Å². The highest BCUT2D eigenvalue weighted by Gasteiger charge is 2.58. The van der Waals surface area contributed by atoms with Crippen molar-refractivity contribution in [1.82, 2.24) is 10.3 Å². The molecule has 7 nitrogen and oxygen atoms in total. The molecule has 3 N–H and O–H groups in total. The average molecular weight is 782 g/mol. The van der Waals surface area contributed by atoms with Crippen LogP contribution in [0, 0.1) is 25.1 Å². The number of quaternary nitrogens is 1. The summed E-state index contributed by atoms with van der Waals surface area (Å²) in [5.41, 5.74) is -8.44. The first-order valence-corrected chi connectivity index (χ1v) is 14.9. The first-order chi connectivity index (χ1) is 22.4. The van der Waals surface area contributed by atoms with Crippen LogP contribution in [-0.4, -0.2) is 40.7 Å². The number of nitrogens with zero attached hydrogens (tertiary/aromatic N) is 2. The monoisotopic (exact) mass is 781 g/mol. The molecule has 2 aromatic carbocycles. The van der Waals surface area contributed by atoms with E-state index in [4.69, 9.17) is 13.7 Å². The standard InChI is InChI=1S/C33H41F7N4O3.51H2/c1-17-13-20(34)11-12-21(17)25-26(46-30(8,9)29(6,7)44(25)16-24-41-27(45)43-42-24)47-31(10,28(3,4)5)22-14-19(32(35,36)37)15-23(18(22)2)33(38,39)40;;;;;;;;;;;;;;;;;;;;;;;;;;;;;;;;;;;;;;;;;;;;;;;;;;;/h11-15,25-26H,16H2,1-10H3,(H2,41,42,43,45);51*1H/p+1/t25-,26+,31-;;;;;;;;;;;;;;;;;;;;;;;;;;;;;;;;;;;;;;;;;;;;;;;;;;;/m0.................................................../s1/i/hD3. The number of halogens is 7. The van der Waals surface area contributed by atoms with Crippen LogP contribution in [0.15, 0.2) is 35.4 Å². The zero-order valence-corrected chi connectivity index (χ0v) is 27.9. The zero-order chi connectivity index (χ0) is 38.4. The maximum absolute atomic E-state index is 14.5. The second-order valence-corrected chi connectivity index (χ2v) is 14.2. The third kappa shape index (κ3) is 6.79. The van der Waals surface area contributed by atoms with E-state index in [0.29, 0.717) is 17.2 Å². The topological polar surface area (TPSA) is 79.8 Å². The van der Waals surface area contributed by atoms with Crippen LogP contribution in [0.5, 0.6) is 0 Å². The van der Waals surface area contributed by atoms with Gasteiger partial charge in [-0.2, -0.15) is 31.8 Å². The summed E-state index contributed by atoms with van der Waals surface area (Å²) in [6.45, 7) is 15.3. The number of hydrazone groups is 1. The molecular weight excluding hydrogens is 633 g/mol. The Bertz CT molecular complexity index is 1790. The minimum atomic E-state index is -5.14. The lowest BCUT2D eigenvalue weighted by atomic mass is 9.70. The lowest BCUT2D eigenvalue weighted by Gasteiger charge is -2.60. The number of carbonyl (C=O) groups excluding carboxylic acids is 1. The third-order valence-corrected chi connectivity index (χ3v) is 9.87. The number of amides is 2. The van der Waals surface area contributed by atoms with Gasteiger partial charge in [-0.05, 0) is 100 Å². The maximum Gasteiger partial charge on any atom is 0.439 e. The summed E-state index contributed by atoms with van der Waals surface area (Å²) in [4.78, 5) is 14.2. The van der Waals surface area contributed by atoms with Gasteiger partial charge >= 0.3 is 21.2 Å². The van der Waals surface area contributed by atoms with Gasteiger partial charge < -0.3 is 9.47 Å². The number of benzene rings is 2. The van der Waals surface area contributed by atoms with Crippen molar-refractivity contribution >= 4 is 11.9 Å². The number of nitrogens with two attached hydrogens (primary N) is 1. The van der Waals surface area contributed by atoms with Crippen molar-refractivity contribution in [2.45, 2.75) is 111 Å². The fourth-order valence-corrected chi connectivity index (χ4v) is 6.03. The molecule has 2 aliphatic rings. The van der Waals surface area contributed by atoms with Gasteiger partial charge in [0.05, 0.1) is 34.9 Å². The van der Waals surface area contributed by atoms with E-state index in [2.05, 4.69) is 5.10 Å². The molecule has 2 aromatic rings. The highest BCUT2D eigenvalue weighted by Crippen LogP contribution is 2.53. The van der Waals surface area contributed by atoms with Crippen LogP contribution in [0.1, 0.15) is 168 Å². The van der Waals surface area contributed by atoms with Crippen molar-refractivity contribution in [1.29, 1.82) is 0 Å². The fourth-order valence-electron chi connectivity index (χ4n) is 6.03. The number of alkyl halides is 6. The molecule has 2 heterocycles. The van der Waals surface area contributed by atoms with E-state index in [1.54, 1.807) is 60.3 Å². The maximum atomic E-state index is 14.5. The third-order valence-electron chi connectivity index (χ3n) is 9.87. The van der Waals surface area contributed by atoms with Crippen molar-refractivity contribution in [3.8, 4) is 0 Å². The Balaban J connectivity index is -0.0000000120. The molecule has 1 fully saturated rings. The number of primary amides is 1. The van der Waals surface area contributed by atoms with Gasteiger partial charge in [-0.1, -0.05) is 26.8 Å². The Labute approximate surface area is 350 Å². The molecule has 2 aliphatic heterocycles. The number of amidine groups is 1. The summed E-state index contributed by atoms with van der Waals surface area (Å²) in [6, 6.07) is 2.13. The fraction of sp³-hybridized carbons (Fsp3) is 0.576. The van der Waals surface area contributed by atoms with Crippen molar-refractivity contribution in [3.63, 3.8) is 0 Å². The predicted molar refractivity (Wildman–Crippen MR) is 268 cm³/mol. The van der Waals surface area contributed by atoms with Crippen LogP contribution in [0.3, 0.4) is 0 Å². The summed E-state index contributed by atoms with van der Waals surface area (Å²) in [7, 11) is 0. The first kappa shape index (κ1) is 32.5. The number of urea groups is 1. The van der Waals surface area contributed by atoms with E-state index < -0.39 is 87.2 Å². The summed E-state index contributed by atoms with van der Waals surface area (Å²) in [6.07, 6.45) is -11.8. The average Bonchev–Trinajstić information content (AvgIpc) is 3.12. The second kappa shape index (κ2) is 11.8. The smallest absolute Gasteiger partial charge is 0.343 e. The molecule has 0 radical (unpaired) electrons. The highest BCUT2D eigenvalue weighted by molar-refractivity contribution is 5.87. The molecule has 0 saturated carbocycles. The second-order valence-electron chi connectivity index (χ2n) is 14.2. The van der Waals surface area contributed by atoms with E-state index in [0.717, 1.165) is 13.0 Å². The van der Waals surface area contributed by atoms with Crippen LogP contribution in [0.25, 0.3) is 0 Å². The number of morpholine rings is 1. The Hall–Kier alpha value is -3.07. The number of nitrogens with one attached hydrogen (secondary N) is 1. The molecule has 3 atom stereocenters. The van der Waals surface area contributed by atoms with E-state index >= 15 is 0 Å². The number of ether oxygens (including phenoxy) is 2. The molecule has 0 spiro atoms. The molecule has 0 unspecified atom stereocenters. The van der Waals surface area contributed by atoms with Crippen molar-refractivity contribution in [3.05, 3.63) is 69.5 Å². The number of hydrogen-bond donors (Lipinski definition) is 2. The van der Waals surface area contributed by atoms with Gasteiger partial charge in [-0.15, -0.1) is 5.10 Å².